The van der Waals surface area contributed by atoms with Gasteiger partial charge in [-0.15, -0.1) is 0 Å². The molecular weight excluding hydrogens is 284 g/mol. The maximum atomic E-state index is 12.8. The topological polar surface area (TPSA) is 81.9 Å². The Bertz CT molecular complexity index is 561. The van der Waals surface area contributed by atoms with E-state index >= 15 is 0 Å². The first kappa shape index (κ1) is 16.3. The largest absolute Gasteiger partial charge is 0.497 e. The first-order chi connectivity index (χ1) is 10.5. The molecular formula is C16H22N2O4. The molecule has 1 aromatic rings. The molecule has 1 aliphatic rings. The number of ether oxygens (including phenoxy) is 2. The van der Waals surface area contributed by atoms with Crippen molar-refractivity contribution in [1.29, 1.82) is 0 Å². The third-order valence-corrected chi connectivity index (χ3v) is 4.03. The first-order valence-corrected chi connectivity index (χ1v) is 7.31. The molecule has 1 aliphatic heterocycles. The molecule has 120 valence electrons. The van der Waals surface area contributed by atoms with Crippen LogP contribution in [0.1, 0.15) is 25.3 Å². The Morgan fingerprint density at radius 3 is 2.82 bits per heavy atom. The summed E-state index contributed by atoms with van der Waals surface area (Å²) in [4.78, 5) is 26.0. The average Bonchev–Trinajstić information content (AvgIpc) is 2.52. The Balaban J connectivity index is 2.22. The van der Waals surface area contributed by atoms with Gasteiger partial charge in [-0.05, 0) is 31.5 Å². The number of amides is 2. The highest BCUT2D eigenvalue weighted by Gasteiger charge is 2.38. The molecule has 3 atom stereocenters. The van der Waals surface area contributed by atoms with E-state index in [-0.39, 0.29) is 11.8 Å². The normalized spacial score (nSPS) is 23.0. The molecule has 0 radical (unpaired) electrons. The highest BCUT2D eigenvalue weighted by molar-refractivity contribution is 5.90. The van der Waals surface area contributed by atoms with Gasteiger partial charge in [-0.1, -0.05) is 12.1 Å². The third kappa shape index (κ3) is 3.22. The zero-order valence-electron chi connectivity index (χ0n) is 13.1. The lowest BCUT2D eigenvalue weighted by Crippen LogP contribution is -2.59. The number of hydrogen-bond donors (Lipinski definition) is 1. The summed E-state index contributed by atoms with van der Waals surface area (Å²) in [6.45, 7) is 4.34. The van der Waals surface area contributed by atoms with E-state index in [2.05, 4.69) is 0 Å². The van der Waals surface area contributed by atoms with Gasteiger partial charge in [0.15, 0.2) is 0 Å². The molecule has 1 aromatic carbocycles. The summed E-state index contributed by atoms with van der Waals surface area (Å²) >= 11 is 0. The third-order valence-electron chi connectivity index (χ3n) is 4.03. The van der Waals surface area contributed by atoms with Gasteiger partial charge in [-0.25, -0.2) is 0 Å². The van der Waals surface area contributed by atoms with Crippen molar-refractivity contribution in [3.63, 3.8) is 0 Å². The van der Waals surface area contributed by atoms with Crippen LogP contribution >= 0.6 is 0 Å². The lowest BCUT2D eigenvalue weighted by molar-refractivity contribution is -0.154. The number of carbonyl (C=O) groups is 2. The van der Waals surface area contributed by atoms with Gasteiger partial charge in [0.25, 0.3) is 0 Å². The quantitative estimate of drug-likeness (QED) is 0.896. The van der Waals surface area contributed by atoms with E-state index < -0.39 is 18.1 Å². The lowest BCUT2D eigenvalue weighted by atomic mass is 9.97. The molecule has 0 saturated carbocycles. The predicted molar refractivity (Wildman–Crippen MR) is 81.5 cm³/mol. The minimum atomic E-state index is -0.727. The monoisotopic (exact) mass is 306 g/mol. The van der Waals surface area contributed by atoms with Crippen molar-refractivity contribution in [3.05, 3.63) is 29.8 Å². The number of morpholine rings is 1. The summed E-state index contributed by atoms with van der Waals surface area (Å²) in [5, 5.41) is 0. The van der Waals surface area contributed by atoms with Crippen LogP contribution in [0.25, 0.3) is 0 Å². The van der Waals surface area contributed by atoms with Crippen molar-refractivity contribution < 1.29 is 19.1 Å². The van der Waals surface area contributed by atoms with Crippen LogP contribution in [-0.4, -0.2) is 49.1 Å². The standard InChI is InChI=1S/C16H22N2O4/c1-10(12-5-4-6-13(9-12)21-3)16(20)18-7-8-22-11(2)14(18)15(17)19/h4-6,9-11,14H,7-8H2,1-3H3,(H2,17,19)/t10?,11-,14+/m1/s1. The van der Waals surface area contributed by atoms with Gasteiger partial charge in [0.05, 0.1) is 25.7 Å². The van der Waals surface area contributed by atoms with Gasteiger partial charge >= 0.3 is 0 Å². The summed E-state index contributed by atoms with van der Waals surface area (Å²) in [5.41, 5.74) is 6.28. The number of benzene rings is 1. The zero-order chi connectivity index (χ0) is 16.3. The Labute approximate surface area is 130 Å². The van der Waals surface area contributed by atoms with Crippen LogP contribution in [0.3, 0.4) is 0 Å². The second kappa shape index (κ2) is 6.79. The first-order valence-electron chi connectivity index (χ1n) is 7.31. The molecule has 22 heavy (non-hydrogen) atoms. The molecule has 1 heterocycles. The molecule has 1 saturated heterocycles. The van der Waals surface area contributed by atoms with E-state index in [0.717, 1.165) is 5.56 Å². The molecule has 1 fully saturated rings. The minimum Gasteiger partial charge on any atom is -0.497 e. The number of primary amides is 1. The van der Waals surface area contributed by atoms with Gasteiger partial charge in [-0.3, -0.25) is 9.59 Å². The molecule has 2 rings (SSSR count). The zero-order valence-corrected chi connectivity index (χ0v) is 13.1. The fourth-order valence-electron chi connectivity index (χ4n) is 2.75. The maximum Gasteiger partial charge on any atom is 0.242 e. The SMILES string of the molecule is COc1cccc(C(C)C(=O)N2CCO[C@H](C)[C@H]2C(N)=O)c1. The minimum absolute atomic E-state index is 0.132. The fourth-order valence-corrected chi connectivity index (χ4v) is 2.75. The summed E-state index contributed by atoms with van der Waals surface area (Å²) in [6, 6.07) is 6.63. The Hall–Kier alpha value is -2.08. The van der Waals surface area contributed by atoms with E-state index in [1.807, 2.05) is 31.2 Å². The van der Waals surface area contributed by atoms with Crippen LogP contribution in [-0.2, 0) is 14.3 Å². The molecule has 0 bridgehead atoms. The molecule has 6 nitrogen and oxygen atoms in total. The summed E-state index contributed by atoms with van der Waals surface area (Å²) in [7, 11) is 1.58. The summed E-state index contributed by atoms with van der Waals surface area (Å²) in [5.74, 6) is -0.369. The van der Waals surface area contributed by atoms with E-state index in [1.165, 1.54) is 4.90 Å². The second-order valence-corrected chi connectivity index (χ2v) is 5.45. The fraction of sp³-hybridized carbons (Fsp3) is 0.500. The van der Waals surface area contributed by atoms with E-state index in [9.17, 15) is 9.59 Å². The number of rotatable bonds is 4. The van der Waals surface area contributed by atoms with Crippen LogP contribution in [0.4, 0.5) is 0 Å². The van der Waals surface area contributed by atoms with Crippen molar-refractivity contribution in [3.8, 4) is 5.75 Å². The van der Waals surface area contributed by atoms with Gasteiger partial charge in [0, 0.05) is 6.54 Å². The smallest absolute Gasteiger partial charge is 0.242 e. The molecule has 6 heteroatoms. The number of methoxy groups -OCH3 is 1. The van der Waals surface area contributed by atoms with E-state index in [1.54, 1.807) is 14.0 Å². The number of carbonyl (C=O) groups excluding carboxylic acids is 2. The highest BCUT2D eigenvalue weighted by atomic mass is 16.5. The average molecular weight is 306 g/mol. The van der Waals surface area contributed by atoms with Crippen LogP contribution in [0.2, 0.25) is 0 Å². The van der Waals surface area contributed by atoms with Gasteiger partial charge in [0.1, 0.15) is 11.8 Å². The molecule has 2 N–H and O–H groups in total. The summed E-state index contributed by atoms with van der Waals surface area (Å²) in [6.07, 6.45) is -0.396. The Kier molecular flexibility index (Phi) is 5.03. The van der Waals surface area contributed by atoms with Crippen LogP contribution in [0, 0.1) is 0 Å². The highest BCUT2D eigenvalue weighted by Crippen LogP contribution is 2.25. The van der Waals surface area contributed by atoms with Gasteiger partial charge < -0.3 is 20.1 Å². The Morgan fingerprint density at radius 1 is 1.45 bits per heavy atom. The molecule has 0 aliphatic carbocycles. The van der Waals surface area contributed by atoms with Crippen molar-refractivity contribution in [1.82, 2.24) is 4.90 Å². The Morgan fingerprint density at radius 2 is 2.18 bits per heavy atom. The summed E-state index contributed by atoms with van der Waals surface area (Å²) < 4.78 is 10.6. The van der Waals surface area contributed by atoms with Crippen molar-refractivity contribution in [2.45, 2.75) is 31.9 Å². The van der Waals surface area contributed by atoms with E-state index in [4.69, 9.17) is 15.2 Å². The van der Waals surface area contributed by atoms with Gasteiger partial charge in [-0.2, -0.15) is 0 Å². The molecule has 0 spiro atoms. The lowest BCUT2D eigenvalue weighted by Gasteiger charge is -2.39. The number of nitrogens with zero attached hydrogens (tertiary/aromatic N) is 1. The van der Waals surface area contributed by atoms with Crippen LogP contribution < -0.4 is 10.5 Å². The molecule has 2 amide bonds. The molecule has 0 aromatic heterocycles. The number of hydrogen-bond acceptors (Lipinski definition) is 4. The molecule has 1 unspecified atom stereocenters. The predicted octanol–water partition coefficient (Wildman–Crippen LogP) is 0.900. The van der Waals surface area contributed by atoms with Gasteiger partial charge in [0.2, 0.25) is 11.8 Å². The van der Waals surface area contributed by atoms with Crippen molar-refractivity contribution >= 4 is 11.8 Å². The van der Waals surface area contributed by atoms with Crippen LogP contribution in [0.15, 0.2) is 24.3 Å². The number of nitrogens with two attached hydrogens (primary N) is 1. The van der Waals surface area contributed by atoms with Crippen LogP contribution in [0.5, 0.6) is 5.75 Å². The van der Waals surface area contributed by atoms with Crippen molar-refractivity contribution in [2.24, 2.45) is 5.73 Å². The van der Waals surface area contributed by atoms with E-state index in [0.29, 0.717) is 18.9 Å². The van der Waals surface area contributed by atoms with Crippen molar-refractivity contribution in [2.75, 3.05) is 20.3 Å². The maximum absolute atomic E-state index is 12.8. The second-order valence-electron chi connectivity index (χ2n) is 5.45.